The lowest BCUT2D eigenvalue weighted by molar-refractivity contribution is -0.127. The van der Waals surface area contributed by atoms with Gasteiger partial charge >= 0.3 is 0 Å². The van der Waals surface area contributed by atoms with Crippen LogP contribution < -0.4 is 10.2 Å². The zero-order valence-electron chi connectivity index (χ0n) is 16.8. The summed E-state index contributed by atoms with van der Waals surface area (Å²) in [4.78, 5) is 36.7. The fraction of sp³-hybridized carbons (Fsp3) is 0.167. The summed E-state index contributed by atoms with van der Waals surface area (Å²) in [7, 11) is 0. The number of hydrogen-bond acceptors (Lipinski definition) is 4. The molecular formula is C24H21N5O2. The number of amides is 2. The predicted octanol–water partition coefficient (Wildman–Crippen LogP) is 3.23. The molecule has 31 heavy (non-hydrogen) atoms. The first-order valence-electron chi connectivity index (χ1n) is 10.2. The highest BCUT2D eigenvalue weighted by Gasteiger charge is 2.40. The van der Waals surface area contributed by atoms with Gasteiger partial charge in [-0.05, 0) is 29.8 Å². The molecule has 0 radical (unpaired) electrons. The quantitative estimate of drug-likeness (QED) is 0.528. The molecule has 0 bridgehead atoms. The van der Waals surface area contributed by atoms with E-state index in [1.807, 2.05) is 77.4 Å². The lowest BCUT2D eigenvalue weighted by Gasteiger charge is -2.15. The largest absolute Gasteiger partial charge is 0.352 e. The van der Waals surface area contributed by atoms with Gasteiger partial charge in [-0.15, -0.1) is 0 Å². The summed E-state index contributed by atoms with van der Waals surface area (Å²) < 4.78 is 1.88. The Hall–Kier alpha value is -4.00. The summed E-state index contributed by atoms with van der Waals surface area (Å²) in [6, 6.07) is 22.3. The molecule has 7 heteroatoms. The van der Waals surface area contributed by atoms with Crippen LogP contribution in [0.1, 0.15) is 23.7 Å². The van der Waals surface area contributed by atoms with Gasteiger partial charge in [-0.3, -0.25) is 24.0 Å². The zero-order chi connectivity index (χ0) is 21.2. The molecule has 3 heterocycles. The first-order chi connectivity index (χ1) is 15.2. The second-order valence-electron chi connectivity index (χ2n) is 7.50. The van der Waals surface area contributed by atoms with Gasteiger partial charge in [-0.2, -0.15) is 0 Å². The summed E-state index contributed by atoms with van der Waals surface area (Å²) in [5.74, 6) is 0.233. The van der Waals surface area contributed by atoms with Crippen LogP contribution in [0.3, 0.4) is 0 Å². The molecule has 1 aliphatic heterocycles. The highest BCUT2D eigenvalue weighted by Crippen LogP contribution is 2.37. The van der Waals surface area contributed by atoms with Crippen molar-refractivity contribution in [1.82, 2.24) is 19.9 Å². The van der Waals surface area contributed by atoms with Crippen molar-refractivity contribution in [2.24, 2.45) is 0 Å². The molecular weight excluding hydrogens is 390 g/mol. The van der Waals surface area contributed by atoms with Crippen LogP contribution in [0.2, 0.25) is 0 Å². The third-order valence-electron chi connectivity index (χ3n) is 5.44. The van der Waals surface area contributed by atoms with Crippen molar-refractivity contribution in [2.45, 2.75) is 25.6 Å². The Morgan fingerprint density at radius 1 is 0.968 bits per heavy atom. The lowest BCUT2D eigenvalue weighted by Crippen LogP contribution is -2.32. The minimum absolute atomic E-state index is 0.0533. The molecule has 0 aliphatic carbocycles. The molecule has 1 atom stereocenters. The molecule has 1 N–H and O–H groups in total. The average molecular weight is 411 g/mol. The first-order valence-corrected chi connectivity index (χ1v) is 10.2. The average Bonchev–Trinajstić information content (AvgIpc) is 3.30. The zero-order valence-corrected chi connectivity index (χ0v) is 16.8. The van der Waals surface area contributed by atoms with E-state index in [2.05, 4.69) is 15.3 Å². The van der Waals surface area contributed by atoms with Crippen molar-refractivity contribution in [3.05, 3.63) is 90.3 Å². The van der Waals surface area contributed by atoms with Crippen LogP contribution in [-0.2, 0) is 22.7 Å². The molecule has 4 aromatic rings. The van der Waals surface area contributed by atoms with E-state index < -0.39 is 6.04 Å². The Balaban J connectivity index is 1.42. The van der Waals surface area contributed by atoms with E-state index in [0.717, 1.165) is 22.3 Å². The van der Waals surface area contributed by atoms with E-state index in [-0.39, 0.29) is 18.2 Å². The van der Waals surface area contributed by atoms with Gasteiger partial charge in [0.05, 0.1) is 29.7 Å². The maximum absolute atomic E-state index is 13.3. The van der Waals surface area contributed by atoms with E-state index in [0.29, 0.717) is 19.0 Å². The van der Waals surface area contributed by atoms with Gasteiger partial charge in [0.25, 0.3) is 5.91 Å². The predicted molar refractivity (Wildman–Crippen MR) is 117 cm³/mol. The number of carbonyl (C=O) groups is 2. The maximum Gasteiger partial charge on any atom is 0.253 e. The number of para-hydroxylation sites is 2. The summed E-state index contributed by atoms with van der Waals surface area (Å²) in [5, 5.41) is 2.93. The van der Waals surface area contributed by atoms with E-state index in [1.54, 1.807) is 11.1 Å². The van der Waals surface area contributed by atoms with Crippen molar-refractivity contribution in [1.29, 1.82) is 0 Å². The van der Waals surface area contributed by atoms with Crippen LogP contribution in [0.4, 0.5) is 5.95 Å². The molecule has 0 saturated carbocycles. The molecule has 2 amide bonds. The number of carbonyl (C=O) groups excluding carboxylic acids is 2. The molecule has 0 saturated heterocycles. The van der Waals surface area contributed by atoms with Crippen LogP contribution in [0.25, 0.3) is 11.0 Å². The van der Waals surface area contributed by atoms with Gasteiger partial charge in [0.1, 0.15) is 6.04 Å². The van der Waals surface area contributed by atoms with Crippen LogP contribution in [0.5, 0.6) is 0 Å². The second-order valence-corrected chi connectivity index (χ2v) is 7.50. The van der Waals surface area contributed by atoms with E-state index in [9.17, 15) is 9.59 Å². The highest BCUT2D eigenvalue weighted by molar-refractivity contribution is 6.03. The van der Waals surface area contributed by atoms with Crippen molar-refractivity contribution >= 4 is 28.8 Å². The summed E-state index contributed by atoms with van der Waals surface area (Å²) in [6.07, 6.45) is 1.76. The number of fused-ring (bicyclic) bond motifs is 3. The second kappa shape index (κ2) is 8.02. The van der Waals surface area contributed by atoms with Gasteiger partial charge < -0.3 is 5.32 Å². The third-order valence-corrected chi connectivity index (χ3v) is 5.44. The molecule has 1 aliphatic rings. The SMILES string of the molecule is O=C(C[C@@H]1C(=O)N(Cc2ccccn2)c2nc3ccccc3n21)NCc1ccccc1. The summed E-state index contributed by atoms with van der Waals surface area (Å²) in [5.41, 5.74) is 3.42. The van der Waals surface area contributed by atoms with Gasteiger partial charge in [-0.1, -0.05) is 48.5 Å². The first kappa shape index (κ1) is 19.0. The minimum atomic E-state index is -0.637. The highest BCUT2D eigenvalue weighted by atomic mass is 16.2. The van der Waals surface area contributed by atoms with Crippen molar-refractivity contribution in [3.63, 3.8) is 0 Å². The summed E-state index contributed by atoms with van der Waals surface area (Å²) >= 11 is 0. The van der Waals surface area contributed by atoms with Gasteiger partial charge in [0.2, 0.25) is 11.9 Å². The Morgan fingerprint density at radius 2 is 1.74 bits per heavy atom. The van der Waals surface area contributed by atoms with Crippen molar-refractivity contribution < 1.29 is 9.59 Å². The van der Waals surface area contributed by atoms with E-state index >= 15 is 0 Å². The number of pyridine rings is 1. The minimum Gasteiger partial charge on any atom is -0.352 e. The van der Waals surface area contributed by atoms with Gasteiger partial charge in [0.15, 0.2) is 0 Å². The number of anilines is 1. The number of hydrogen-bond donors (Lipinski definition) is 1. The molecule has 5 rings (SSSR count). The normalized spacial score (nSPS) is 15.3. The number of rotatable bonds is 6. The van der Waals surface area contributed by atoms with Crippen molar-refractivity contribution in [3.8, 4) is 0 Å². The van der Waals surface area contributed by atoms with Crippen LogP contribution >= 0.6 is 0 Å². The fourth-order valence-corrected chi connectivity index (χ4v) is 3.94. The monoisotopic (exact) mass is 411 g/mol. The molecule has 0 unspecified atom stereocenters. The van der Waals surface area contributed by atoms with E-state index in [1.165, 1.54) is 0 Å². The molecule has 2 aromatic heterocycles. The molecule has 2 aromatic carbocycles. The number of nitrogens with one attached hydrogen (secondary N) is 1. The Kier molecular flexibility index (Phi) is 4.92. The van der Waals surface area contributed by atoms with Crippen LogP contribution in [-0.4, -0.2) is 26.3 Å². The smallest absolute Gasteiger partial charge is 0.253 e. The maximum atomic E-state index is 13.3. The Bertz CT molecular complexity index is 1240. The number of imidazole rings is 1. The third kappa shape index (κ3) is 3.66. The van der Waals surface area contributed by atoms with Crippen LogP contribution in [0, 0.1) is 0 Å². The molecule has 0 spiro atoms. The Morgan fingerprint density at radius 3 is 2.55 bits per heavy atom. The molecule has 7 nitrogen and oxygen atoms in total. The van der Waals surface area contributed by atoms with Crippen LogP contribution in [0.15, 0.2) is 79.0 Å². The summed E-state index contributed by atoms with van der Waals surface area (Å²) in [6.45, 7) is 0.737. The van der Waals surface area contributed by atoms with Gasteiger partial charge in [-0.25, -0.2) is 4.98 Å². The lowest BCUT2D eigenvalue weighted by atomic mass is 10.1. The molecule has 154 valence electrons. The van der Waals surface area contributed by atoms with Crippen molar-refractivity contribution in [2.75, 3.05) is 4.90 Å². The fourth-order valence-electron chi connectivity index (χ4n) is 3.94. The number of nitrogens with zero attached hydrogens (tertiary/aromatic N) is 4. The Labute approximate surface area is 179 Å². The van der Waals surface area contributed by atoms with Gasteiger partial charge in [0, 0.05) is 12.7 Å². The molecule has 0 fully saturated rings. The number of aromatic nitrogens is 3. The topological polar surface area (TPSA) is 80.1 Å². The van der Waals surface area contributed by atoms with E-state index in [4.69, 9.17) is 0 Å². The standard InChI is InChI=1S/C24H21N5O2/c30-22(26-15-17-8-2-1-3-9-17)14-21-23(31)28(16-18-10-6-7-13-25-18)24-27-19-11-4-5-12-20(19)29(21)24/h1-13,21H,14-16H2,(H,26,30)/t21-/m1/s1. The number of benzene rings is 2.